The highest BCUT2D eigenvalue weighted by atomic mass is 32.2. The number of pyridine rings is 1. The van der Waals surface area contributed by atoms with Gasteiger partial charge in [-0.1, -0.05) is 6.07 Å². The Morgan fingerprint density at radius 3 is 2.69 bits per heavy atom. The van der Waals surface area contributed by atoms with Crippen molar-refractivity contribution in [1.82, 2.24) is 9.06 Å². The SMILES string of the molecule is NS(=O)(=O)N(P)Cc1ccccn1. The third kappa shape index (κ3) is 3.36. The van der Waals surface area contributed by atoms with E-state index in [2.05, 4.69) is 4.98 Å². The lowest BCUT2D eigenvalue weighted by molar-refractivity contribution is 0.539. The van der Waals surface area contributed by atoms with Gasteiger partial charge < -0.3 is 0 Å². The van der Waals surface area contributed by atoms with Gasteiger partial charge in [0.05, 0.1) is 12.2 Å². The molecular weight excluding hydrogens is 209 g/mol. The zero-order valence-corrected chi connectivity index (χ0v) is 8.76. The molecule has 0 fully saturated rings. The summed E-state index contributed by atoms with van der Waals surface area (Å²) in [5.41, 5.74) is 0.645. The van der Waals surface area contributed by atoms with Crippen molar-refractivity contribution >= 4 is 19.6 Å². The van der Waals surface area contributed by atoms with Gasteiger partial charge in [0.2, 0.25) is 0 Å². The average molecular weight is 219 g/mol. The molecule has 0 saturated carbocycles. The van der Waals surface area contributed by atoms with Crippen LogP contribution in [-0.2, 0) is 16.8 Å². The molecule has 0 saturated heterocycles. The minimum atomic E-state index is -3.64. The van der Waals surface area contributed by atoms with Gasteiger partial charge in [-0.15, -0.1) is 0 Å². The normalized spacial score (nSPS) is 11.9. The number of aromatic nitrogens is 1. The lowest BCUT2D eigenvalue weighted by atomic mass is 10.4. The minimum absolute atomic E-state index is 0.157. The highest BCUT2D eigenvalue weighted by Gasteiger charge is 2.11. The van der Waals surface area contributed by atoms with E-state index in [1.165, 1.54) is 0 Å². The van der Waals surface area contributed by atoms with Crippen LogP contribution in [0.25, 0.3) is 0 Å². The van der Waals surface area contributed by atoms with E-state index in [1.807, 2.05) is 9.39 Å². The van der Waals surface area contributed by atoms with Gasteiger partial charge in [-0.3, -0.25) is 4.98 Å². The fraction of sp³-hybridized carbons (Fsp3) is 0.167. The topological polar surface area (TPSA) is 76.3 Å². The molecule has 0 aromatic carbocycles. The van der Waals surface area contributed by atoms with Crippen molar-refractivity contribution in [3.05, 3.63) is 30.1 Å². The third-order valence-corrected chi connectivity index (χ3v) is 3.22. The minimum Gasteiger partial charge on any atom is -0.260 e. The van der Waals surface area contributed by atoms with Crippen LogP contribution in [-0.4, -0.2) is 17.5 Å². The summed E-state index contributed by atoms with van der Waals surface area (Å²) in [7, 11) is -1.61. The predicted octanol–water partition coefficient (Wildman–Crippen LogP) is -0.123. The van der Waals surface area contributed by atoms with Crippen molar-refractivity contribution in [2.45, 2.75) is 6.54 Å². The van der Waals surface area contributed by atoms with Crippen molar-refractivity contribution < 1.29 is 8.42 Å². The monoisotopic (exact) mass is 219 g/mol. The molecule has 0 radical (unpaired) electrons. The van der Waals surface area contributed by atoms with Crippen LogP contribution in [0.2, 0.25) is 0 Å². The zero-order valence-electron chi connectivity index (χ0n) is 6.79. The first-order chi connectivity index (χ1) is 6.00. The molecule has 2 N–H and O–H groups in total. The van der Waals surface area contributed by atoms with Gasteiger partial charge in [0.25, 0.3) is 10.2 Å². The van der Waals surface area contributed by atoms with Gasteiger partial charge >= 0.3 is 0 Å². The molecule has 0 aliphatic carbocycles. The largest absolute Gasteiger partial charge is 0.280 e. The smallest absolute Gasteiger partial charge is 0.260 e. The summed E-state index contributed by atoms with van der Waals surface area (Å²) in [5.74, 6) is 0. The Kier molecular flexibility index (Phi) is 3.33. The average Bonchev–Trinajstić information content (AvgIpc) is 2.04. The van der Waals surface area contributed by atoms with Crippen LogP contribution >= 0.6 is 9.39 Å². The molecular formula is C6H10N3O2PS. The molecule has 5 nitrogen and oxygen atoms in total. The van der Waals surface area contributed by atoms with Crippen LogP contribution in [0.1, 0.15) is 5.69 Å². The van der Waals surface area contributed by atoms with Gasteiger partial charge in [0.15, 0.2) is 0 Å². The second kappa shape index (κ2) is 4.11. The van der Waals surface area contributed by atoms with Crippen molar-refractivity contribution in [3.8, 4) is 0 Å². The maximum atomic E-state index is 10.8. The highest BCUT2D eigenvalue weighted by molar-refractivity contribution is 7.89. The Morgan fingerprint density at radius 1 is 1.54 bits per heavy atom. The Balaban J connectivity index is 2.72. The molecule has 1 aromatic rings. The van der Waals surface area contributed by atoms with E-state index in [9.17, 15) is 8.42 Å². The summed E-state index contributed by atoms with van der Waals surface area (Å²) in [6, 6.07) is 5.26. The fourth-order valence-corrected chi connectivity index (χ4v) is 1.24. The number of hydrogen-bond acceptors (Lipinski definition) is 3. The third-order valence-electron chi connectivity index (χ3n) is 1.37. The lowest BCUT2D eigenvalue weighted by Crippen LogP contribution is -2.28. The first kappa shape index (κ1) is 10.5. The predicted molar refractivity (Wildman–Crippen MR) is 52.6 cm³/mol. The second-order valence-corrected chi connectivity index (χ2v) is 4.91. The molecule has 1 aromatic heterocycles. The first-order valence-electron chi connectivity index (χ1n) is 3.45. The van der Waals surface area contributed by atoms with Crippen LogP contribution in [0.5, 0.6) is 0 Å². The van der Waals surface area contributed by atoms with Crippen LogP contribution in [0.15, 0.2) is 24.4 Å². The van der Waals surface area contributed by atoms with Crippen LogP contribution in [0.3, 0.4) is 0 Å². The molecule has 1 atom stereocenters. The second-order valence-electron chi connectivity index (χ2n) is 2.41. The van der Waals surface area contributed by atoms with Crippen molar-refractivity contribution in [2.24, 2.45) is 5.14 Å². The van der Waals surface area contributed by atoms with E-state index in [-0.39, 0.29) is 6.54 Å². The van der Waals surface area contributed by atoms with E-state index < -0.39 is 10.2 Å². The Bertz CT molecular complexity index is 367. The lowest BCUT2D eigenvalue weighted by Gasteiger charge is -2.11. The number of nitrogens with two attached hydrogens (primary N) is 1. The molecule has 72 valence electrons. The number of rotatable bonds is 3. The first-order valence-corrected chi connectivity index (χ1v) is 5.47. The Hall–Kier alpha value is -0.550. The van der Waals surface area contributed by atoms with Gasteiger partial charge in [-0.2, -0.15) is 12.5 Å². The molecule has 0 aliphatic heterocycles. The summed E-state index contributed by atoms with van der Waals surface area (Å²) in [5, 5.41) is 4.88. The molecule has 1 unspecified atom stereocenters. The molecule has 13 heavy (non-hydrogen) atoms. The molecule has 1 heterocycles. The molecule has 0 amide bonds. The van der Waals surface area contributed by atoms with E-state index in [0.717, 1.165) is 4.08 Å². The van der Waals surface area contributed by atoms with E-state index >= 15 is 0 Å². The summed E-state index contributed by atoms with van der Waals surface area (Å²) >= 11 is 0. The maximum absolute atomic E-state index is 10.8. The fourth-order valence-electron chi connectivity index (χ4n) is 0.741. The van der Waals surface area contributed by atoms with Gasteiger partial charge in [-0.25, -0.2) is 5.14 Å². The van der Waals surface area contributed by atoms with Gasteiger partial charge in [-0.05, 0) is 21.5 Å². The standard InChI is InChI=1S/C6H10N3O2PS/c7-13(10,11)9(12)5-6-3-1-2-4-8-6/h1-4H,5,12H2,(H2,7,10,11). The van der Waals surface area contributed by atoms with Crippen molar-refractivity contribution in [3.63, 3.8) is 0 Å². The highest BCUT2D eigenvalue weighted by Crippen LogP contribution is 2.08. The molecule has 0 aliphatic rings. The van der Waals surface area contributed by atoms with Crippen molar-refractivity contribution in [1.29, 1.82) is 0 Å². The number of hydrogen-bond donors (Lipinski definition) is 1. The van der Waals surface area contributed by atoms with E-state index in [4.69, 9.17) is 5.14 Å². The van der Waals surface area contributed by atoms with Gasteiger partial charge in [0, 0.05) is 6.20 Å². The van der Waals surface area contributed by atoms with Gasteiger partial charge in [0.1, 0.15) is 0 Å². The van der Waals surface area contributed by atoms with Crippen LogP contribution < -0.4 is 5.14 Å². The Morgan fingerprint density at radius 2 is 2.23 bits per heavy atom. The zero-order chi connectivity index (χ0) is 9.90. The molecule has 7 heteroatoms. The molecule has 0 spiro atoms. The molecule has 1 rings (SSSR count). The summed E-state index contributed by atoms with van der Waals surface area (Å²) in [4.78, 5) is 3.96. The summed E-state index contributed by atoms with van der Waals surface area (Å²) in [6.45, 7) is 0.157. The van der Waals surface area contributed by atoms with E-state index in [1.54, 1.807) is 24.4 Å². The Labute approximate surface area is 79.4 Å². The van der Waals surface area contributed by atoms with Crippen LogP contribution in [0.4, 0.5) is 0 Å². The van der Waals surface area contributed by atoms with Crippen LogP contribution in [0, 0.1) is 0 Å². The van der Waals surface area contributed by atoms with E-state index in [0.29, 0.717) is 5.69 Å². The number of nitrogens with zero attached hydrogens (tertiary/aromatic N) is 2. The quantitative estimate of drug-likeness (QED) is 0.720. The summed E-state index contributed by atoms with van der Waals surface area (Å²) in [6.07, 6.45) is 1.59. The van der Waals surface area contributed by atoms with Crippen molar-refractivity contribution in [2.75, 3.05) is 0 Å². The molecule has 0 bridgehead atoms. The maximum Gasteiger partial charge on any atom is 0.280 e. The summed E-state index contributed by atoms with van der Waals surface area (Å²) < 4.78 is 22.5.